The molecule has 13 heavy (non-hydrogen) atoms. The van der Waals surface area contributed by atoms with Gasteiger partial charge in [0, 0.05) is 0 Å². The highest BCUT2D eigenvalue weighted by Crippen LogP contribution is 2.13. The maximum absolute atomic E-state index is 9.58. The molecule has 1 rings (SSSR count). The first-order valence-electron chi connectivity index (χ1n) is 5.72. The van der Waals surface area contributed by atoms with Gasteiger partial charge in [0.15, 0.2) is 0 Å². The van der Waals surface area contributed by atoms with Gasteiger partial charge in [-0.15, -0.1) is 0 Å². The fourth-order valence-corrected chi connectivity index (χ4v) is 1.84. The Morgan fingerprint density at radius 3 is 2.00 bits per heavy atom. The van der Waals surface area contributed by atoms with Crippen LogP contribution in [0.5, 0.6) is 0 Å². The molecule has 0 heterocycles. The van der Waals surface area contributed by atoms with Crippen LogP contribution in [0.3, 0.4) is 0 Å². The van der Waals surface area contributed by atoms with Crippen LogP contribution in [-0.2, 0) is 0 Å². The lowest BCUT2D eigenvalue weighted by Gasteiger charge is -2.10. The molecular weight excluding hydrogens is 160 g/mol. The molecule has 0 aromatic heterocycles. The zero-order chi connectivity index (χ0) is 9.36. The van der Waals surface area contributed by atoms with E-state index in [1.165, 1.54) is 44.9 Å². The normalized spacial score (nSPS) is 27.6. The smallest absolute Gasteiger partial charge is 0.0540 e. The monoisotopic (exact) mass is 182 g/mol. The van der Waals surface area contributed by atoms with E-state index >= 15 is 0 Å². The summed E-state index contributed by atoms with van der Waals surface area (Å²) in [7, 11) is 0. The van der Waals surface area contributed by atoms with Crippen molar-refractivity contribution in [1.82, 2.24) is 0 Å². The maximum Gasteiger partial charge on any atom is 0.0540 e. The first-order valence-corrected chi connectivity index (χ1v) is 5.72. The minimum absolute atomic E-state index is 0.0246. The van der Waals surface area contributed by atoms with Crippen molar-refractivity contribution in [1.29, 1.82) is 0 Å². The van der Waals surface area contributed by atoms with E-state index in [-0.39, 0.29) is 6.10 Å². The summed E-state index contributed by atoms with van der Waals surface area (Å²) in [4.78, 5) is 0. The van der Waals surface area contributed by atoms with Crippen molar-refractivity contribution in [3.63, 3.8) is 0 Å². The van der Waals surface area contributed by atoms with Crippen LogP contribution < -0.4 is 0 Å². The van der Waals surface area contributed by atoms with Crippen molar-refractivity contribution in [2.75, 3.05) is 0 Å². The van der Waals surface area contributed by atoms with Gasteiger partial charge in [-0.3, -0.25) is 0 Å². The van der Waals surface area contributed by atoms with E-state index in [0.29, 0.717) is 0 Å². The minimum Gasteiger partial charge on any atom is -0.393 e. The van der Waals surface area contributed by atoms with Crippen LogP contribution in [-0.4, -0.2) is 11.2 Å². The Morgan fingerprint density at radius 2 is 1.31 bits per heavy atom. The molecule has 0 aromatic rings. The van der Waals surface area contributed by atoms with Crippen molar-refractivity contribution >= 4 is 0 Å². The summed E-state index contributed by atoms with van der Waals surface area (Å²) < 4.78 is 0. The predicted molar refractivity (Wildman–Crippen MR) is 56.7 cm³/mol. The summed E-state index contributed by atoms with van der Waals surface area (Å²) in [6, 6.07) is 0. The molecule has 0 spiro atoms. The topological polar surface area (TPSA) is 20.2 Å². The van der Waals surface area contributed by atoms with E-state index in [0.717, 1.165) is 12.8 Å². The Morgan fingerprint density at radius 1 is 0.769 bits per heavy atom. The van der Waals surface area contributed by atoms with E-state index in [2.05, 4.69) is 12.2 Å². The van der Waals surface area contributed by atoms with Gasteiger partial charge in [-0.1, -0.05) is 31.4 Å². The lowest BCUT2D eigenvalue weighted by atomic mass is 10.0. The van der Waals surface area contributed by atoms with Gasteiger partial charge in [-0.25, -0.2) is 0 Å². The molecule has 0 bridgehead atoms. The molecule has 0 radical (unpaired) electrons. The van der Waals surface area contributed by atoms with Crippen molar-refractivity contribution in [3.05, 3.63) is 12.2 Å². The molecule has 0 saturated heterocycles. The quantitative estimate of drug-likeness (QED) is 0.569. The second kappa shape index (κ2) is 7.14. The SMILES string of the molecule is OC1CCCCC=CCCCCC1. The molecule has 0 aliphatic heterocycles. The third-order valence-electron chi connectivity index (χ3n) is 2.73. The van der Waals surface area contributed by atoms with Crippen molar-refractivity contribution in [2.45, 2.75) is 63.9 Å². The molecule has 0 aromatic carbocycles. The fraction of sp³-hybridized carbons (Fsp3) is 0.833. The van der Waals surface area contributed by atoms with Gasteiger partial charge in [-0.2, -0.15) is 0 Å². The Kier molecular flexibility index (Phi) is 5.92. The molecule has 1 unspecified atom stereocenters. The van der Waals surface area contributed by atoms with E-state index in [1.807, 2.05) is 0 Å². The fourth-order valence-electron chi connectivity index (χ4n) is 1.84. The summed E-state index contributed by atoms with van der Waals surface area (Å²) in [6.07, 6.45) is 15.3. The summed E-state index contributed by atoms with van der Waals surface area (Å²) in [5.41, 5.74) is 0. The molecular formula is C12H22O. The molecule has 76 valence electrons. The van der Waals surface area contributed by atoms with E-state index < -0.39 is 0 Å². The molecule has 0 fully saturated rings. The molecule has 1 nitrogen and oxygen atoms in total. The van der Waals surface area contributed by atoms with E-state index in [4.69, 9.17) is 0 Å². The highest BCUT2D eigenvalue weighted by Gasteiger charge is 2.03. The van der Waals surface area contributed by atoms with Crippen molar-refractivity contribution in [2.24, 2.45) is 0 Å². The zero-order valence-corrected chi connectivity index (χ0v) is 8.54. The van der Waals surface area contributed by atoms with Gasteiger partial charge in [0.25, 0.3) is 0 Å². The van der Waals surface area contributed by atoms with Gasteiger partial charge in [0.05, 0.1) is 6.10 Å². The number of hydrogen-bond donors (Lipinski definition) is 1. The number of rotatable bonds is 0. The maximum atomic E-state index is 9.58. The number of allylic oxidation sites excluding steroid dienone is 2. The number of hydrogen-bond acceptors (Lipinski definition) is 1. The Bertz CT molecular complexity index is 140. The van der Waals surface area contributed by atoms with Crippen molar-refractivity contribution < 1.29 is 5.11 Å². The highest BCUT2D eigenvalue weighted by molar-refractivity contribution is 4.81. The standard InChI is InChI=1S/C12H22O/c13-12-10-8-6-4-2-1-3-5-7-9-11-12/h1-2,12-13H,3-11H2. The first-order chi connectivity index (χ1) is 6.39. The van der Waals surface area contributed by atoms with Gasteiger partial charge in [0.1, 0.15) is 0 Å². The van der Waals surface area contributed by atoms with E-state index in [9.17, 15) is 5.11 Å². The third kappa shape index (κ3) is 5.87. The van der Waals surface area contributed by atoms with Gasteiger partial charge in [-0.05, 0) is 38.5 Å². The average Bonchev–Trinajstić information content (AvgIpc) is 2.11. The lowest BCUT2D eigenvalue weighted by Crippen LogP contribution is -2.05. The van der Waals surface area contributed by atoms with Crippen LogP contribution in [0.4, 0.5) is 0 Å². The Hall–Kier alpha value is -0.300. The van der Waals surface area contributed by atoms with Gasteiger partial charge < -0.3 is 5.11 Å². The first kappa shape index (κ1) is 10.8. The summed E-state index contributed by atoms with van der Waals surface area (Å²) in [6.45, 7) is 0. The lowest BCUT2D eigenvalue weighted by molar-refractivity contribution is 0.147. The second-order valence-electron chi connectivity index (χ2n) is 4.05. The highest BCUT2D eigenvalue weighted by atomic mass is 16.3. The molecule has 1 N–H and O–H groups in total. The molecule has 1 aliphatic carbocycles. The van der Waals surface area contributed by atoms with Gasteiger partial charge >= 0.3 is 0 Å². The molecule has 1 heteroatoms. The van der Waals surface area contributed by atoms with Crippen LogP contribution >= 0.6 is 0 Å². The molecule has 0 saturated carbocycles. The summed E-state index contributed by atoms with van der Waals surface area (Å²) in [5, 5.41) is 9.58. The van der Waals surface area contributed by atoms with Crippen LogP contribution in [0, 0.1) is 0 Å². The third-order valence-corrected chi connectivity index (χ3v) is 2.73. The molecule has 0 amide bonds. The Balaban J connectivity index is 2.20. The molecule has 1 atom stereocenters. The second-order valence-corrected chi connectivity index (χ2v) is 4.05. The predicted octanol–water partition coefficient (Wildman–Crippen LogP) is 3.43. The van der Waals surface area contributed by atoms with Gasteiger partial charge in [0.2, 0.25) is 0 Å². The van der Waals surface area contributed by atoms with Crippen molar-refractivity contribution in [3.8, 4) is 0 Å². The molecule has 1 aliphatic rings. The van der Waals surface area contributed by atoms with E-state index in [1.54, 1.807) is 0 Å². The van der Waals surface area contributed by atoms with Crippen LogP contribution in [0.25, 0.3) is 0 Å². The zero-order valence-electron chi connectivity index (χ0n) is 8.54. The Labute approximate surface area is 81.9 Å². The number of aliphatic hydroxyl groups is 1. The summed E-state index contributed by atoms with van der Waals surface area (Å²) in [5.74, 6) is 0. The largest absolute Gasteiger partial charge is 0.393 e. The van der Waals surface area contributed by atoms with Crippen LogP contribution in [0.15, 0.2) is 12.2 Å². The summed E-state index contributed by atoms with van der Waals surface area (Å²) >= 11 is 0. The number of aliphatic hydroxyl groups excluding tert-OH is 1. The minimum atomic E-state index is -0.0246. The van der Waals surface area contributed by atoms with Crippen LogP contribution in [0.1, 0.15) is 57.8 Å². The van der Waals surface area contributed by atoms with Crippen LogP contribution in [0.2, 0.25) is 0 Å². The average molecular weight is 182 g/mol.